The van der Waals surface area contributed by atoms with Crippen LogP contribution in [0.25, 0.3) is 0 Å². The monoisotopic (exact) mass is 236 g/mol. The van der Waals surface area contributed by atoms with E-state index in [9.17, 15) is 18.0 Å². The molecule has 0 aliphatic carbocycles. The molecule has 0 amide bonds. The highest BCUT2D eigenvalue weighted by atomic mass is 19.4. The maximum atomic E-state index is 11.8. The molecule has 1 rings (SSSR count). The second kappa shape index (κ2) is 4.73. The van der Waals surface area contributed by atoms with Crippen molar-refractivity contribution in [1.29, 1.82) is 0 Å². The van der Waals surface area contributed by atoms with Gasteiger partial charge in [0.15, 0.2) is 5.75 Å². The summed E-state index contributed by atoms with van der Waals surface area (Å²) in [7, 11) is 0. The van der Waals surface area contributed by atoms with Gasteiger partial charge in [-0.1, -0.05) is 0 Å². The lowest BCUT2D eigenvalue weighted by atomic mass is 10.3. The molecule has 1 aromatic carbocycles. The summed E-state index contributed by atoms with van der Waals surface area (Å²) >= 11 is 0. The molecule has 0 heterocycles. The summed E-state index contributed by atoms with van der Waals surface area (Å²) in [6.45, 7) is 1.13. The van der Waals surface area contributed by atoms with Crippen LogP contribution in [0.1, 0.15) is 6.92 Å². The number of halogens is 3. The third-order valence-corrected chi connectivity index (χ3v) is 1.31. The van der Waals surface area contributed by atoms with Gasteiger partial charge in [0.05, 0.1) is 0 Å². The van der Waals surface area contributed by atoms with Gasteiger partial charge in [-0.15, -0.1) is 13.2 Å². The molecule has 0 spiro atoms. The lowest BCUT2D eigenvalue weighted by Gasteiger charge is -2.08. The summed E-state index contributed by atoms with van der Waals surface area (Å²) in [5.41, 5.74) is 0. The quantitative estimate of drug-likeness (QED) is 0.597. The van der Waals surface area contributed by atoms with Gasteiger partial charge in [-0.3, -0.25) is 9.78 Å². The molecule has 0 unspecified atom stereocenters. The van der Waals surface area contributed by atoms with E-state index in [1.165, 1.54) is 12.1 Å². The van der Waals surface area contributed by atoms with Gasteiger partial charge in [0, 0.05) is 6.92 Å². The van der Waals surface area contributed by atoms with Crippen LogP contribution in [-0.2, 0) is 9.68 Å². The van der Waals surface area contributed by atoms with Crippen molar-refractivity contribution in [2.24, 2.45) is 0 Å². The Hall–Kier alpha value is -1.92. The van der Waals surface area contributed by atoms with Crippen LogP contribution in [0.4, 0.5) is 13.2 Å². The van der Waals surface area contributed by atoms with Crippen molar-refractivity contribution < 1.29 is 32.5 Å². The molecule has 88 valence electrons. The van der Waals surface area contributed by atoms with Gasteiger partial charge in [0.2, 0.25) is 0 Å². The highest BCUT2D eigenvalue weighted by molar-refractivity contribution is 5.65. The molecule has 0 saturated carbocycles. The molecule has 4 nitrogen and oxygen atoms in total. The predicted molar refractivity (Wildman–Crippen MR) is 45.5 cm³/mol. The number of alkyl halides is 3. The molecule has 0 N–H and O–H groups in total. The van der Waals surface area contributed by atoms with Gasteiger partial charge in [-0.25, -0.2) is 4.79 Å². The standard InChI is InChI=1S/C9H7F3O4/c1-6(13)15-16-8-4-2-7(3-5-8)14-9(10,11)12/h2-5H,1H3. The van der Waals surface area contributed by atoms with Crippen molar-refractivity contribution in [3.8, 4) is 11.5 Å². The molecule has 0 radical (unpaired) electrons. The molecule has 0 aliphatic heterocycles. The molecule has 0 atom stereocenters. The number of rotatable bonds is 3. The third kappa shape index (κ3) is 4.54. The van der Waals surface area contributed by atoms with Crippen LogP contribution < -0.4 is 9.62 Å². The Morgan fingerprint density at radius 3 is 2.06 bits per heavy atom. The summed E-state index contributed by atoms with van der Waals surface area (Å²) in [5.74, 6) is -0.969. The molecular weight excluding hydrogens is 229 g/mol. The van der Waals surface area contributed by atoms with E-state index in [1.54, 1.807) is 0 Å². The molecule has 0 saturated heterocycles. The Morgan fingerprint density at radius 1 is 1.12 bits per heavy atom. The fraction of sp³-hybridized carbons (Fsp3) is 0.222. The van der Waals surface area contributed by atoms with E-state index in [1.807, 2.05) is 0 Å². The Labute approximate surface area is 88.5 Å². The van der Waals surface area contributed by atoms with E-state index in [2.05, 4.69) is 14.5 Å². The van der Waals surface area contributed by atoms with Gasteiger partial charge in [-0.05, 0) is 24.3 Å². The average Bonchev–Trinajstić information content (AvgIpc) is 2.14. The first kappa shape index (κ1) is 12.2. The minimum absolute atomic E-state index is 0.0877. The minimum Gasteiger partial charge on any atom is -0.406 e. The summed E-state index contributed by atoms with van der Waals surface area (Å²) in [6, 6.07) is 4.41. The summed E-state index contributed by atoms with van der Waals surface area (Å²) in [5, 5.41) is 0. The molecule has 1 aromatic rings. The summed E-state index contributed by atoms with van der Waals surface area (Å²) < 4.78 is 38.9. The van der Waals surface area contributed by atoms with Crippen molar-refractivity contribution in [3.05, 3.63) is 24.3 Å². The predicted octanol–water partition coefficient (Wildman–Crippen LogP) is 2.44. The van der Waals surface area contributed by atoms with E-state index >= 15 is 0 Å². The summed E-state index contributed by atoms with van der Waals surface area (Å²) in [4.78, 5) is 19.0. The number of carbonyl (C=O) groups excluding carboxylic acids is 1. The smallest absolute Gasteiger partial charge is 0.406 e. The number of hydrogen-bond donors (Lipinski definition) is 0. The molecule has 0 fully saturated rings. The number of benzene rings is 1. The molecule has 7 heteroatoms. The number of carbonyl (C=O) groups is 1. The Bertz CT molecular complexity index is 358. The lowest BCUT2D eigenvalue weighted by Crippen LogP contribution is -2.16. The minimum atomic E-state index is -4.74. The first-order valence-corrected chi connectivity index (χ1v) is 4.08. The van der Waals surface area contributed by atoms with E-state index < -0.39 is 12.3 Å². The molecule has 0 aliphatic rings. The van der Waals surface area contributed by atoms with Crippen LogP contribution in [0, 0.1) is 0 Å². The molecule has 0 bridgehead atoms. The fourth-order valence-corrected chi connectivity index (χ4v) is 0.804. The van der Waals surface area contributed by atoms with E-state index in [4.69, 9.17) is 0 Å². The van der Waals surface area contributed by atoms with Gasteiger partial charge in [0.25, 0.3) is 0 Å². The zero-order valence-corrected chi connectivity index (χ0v) is 8.08. The SMILES string of the molecule is CC(=O)OOc1ccc(OC(F)(F)F)cc1. The van der Waals surface area contributed by atoms with Gasteiger partial charge < -0.3 is 4.74 Å². The number of hydrogen-bond acceptors (Lipinski definition) is 4. The maximum absolute atomic E-state index is 11.8. The van der Waals surface area contributed by atoms with E-state index in [0.29, 0.717) is 0 Å². The van der Waals surface area contributed by atoms with Crippen LogP contribution in [0.2, 0.25) is 0 Å². The van der Waals surface area contributed by atoms with Gasteiger partial charge >= 0.3 is 12.3 Å². The molecule has 0 aromatic heterocycles. The second-order valence-electron chi connectivity index (χ2n) is 2.68. The maximum Gasteiger partial charge on any atom is 0.573 e. The average molecular weight is 236 g/mol. The van der Waals surface area contributed by atoms with Crippen LogP contribution in [0.3, 0.4) is 0 Å². The lowest BCUT2D eigenvalue weighted by molar-refractivity contribution is -0.274. The fourth-order valence-electron chi connectivity index (χ4n) is 0.804. The van der Waals surface area contributed by atoms with Crippen molar-refractivity contribution >= 4 is 5.97 Å². The third-order valence-electron chi connectivity index (χ3n) is 1.31. The zero-order chi connectivity index (χ0) is 12.2. The number of ether oxygens (including phenoxy) is 1. The second-order valence-corrected chi connectivity index (χ2v) is 2.68. The summed E-state index contributed by atoms with van der Waals surface area (Å²) in [6.07, 6.45) is -4.74. The van der Waals surface area contributed by atoms with Crippen molar-refractivity contribution in [3.63, 3.8) is 0 Å². The molecule has 16 heavy (non-hydrogen) atoms. The highest BCUT2D eigenvalue weighted by Crippen LogP contribution is 2.24. The Morgan fingerprint density at radius 2 is 1.62 bits per heavy atom. The van der Waals surface area contributed by atoms with E-state index in [0.717, 1.165) is 19.1 Å². The van der Waals surface area contributed by atoms with Crippen LogP contribution in [0.15, 0.2) is 24.3 Å². The Balaban J connectivity index is 2.57. The first-order chi connectivity index (χ1) is 7.37. The van der Waals surface area contributed by atoms with Crippen LogP contribution in [0.5, 0.6) is 11.5 Å². The normalized spacial score (nSPS) is 10.8. The van der Waals surface area contributed by atoms with Crippen LogP contribution >= 0.6 is 0 Å². The van der Waals surface area contributed by atoms with E-state index in [-0.39, 0.29) is 11.5 Å². The molecular formula is C9H7F3O4. The van der Waals surface area contributed by atoms with Crippen molar-refractivity contribution in [1.82, 2.24) is 0 Å². The zero-order valence-electron chi connectivity index (χ0n) is 8.08. The van der Waals surface area contributed by atoms with Crippen LogP contribution in [-0.4, -0.2) is 12.3 Å². The largest absolute Gasteiger partial charge is 0.573 e. The first-order valence-electron chi connectivity index (χ1n) is 4.08. The van der Waals surface area contributed by atoms with Crippen molar-refractivity contribution in [2.75, 3.05) is 0 Å². The Kier molecular flexibility index (Phi) is 3.60. The van der Waals surface area contributed by atoms with Gasteiger partial charge in [0.1, 0.15) is 5.75 Å². The highest BCUT2D eigenvalue weighted by Gasteiger charge is 2.30. The van der Waals surface area contributed by atoms with Gasteiger partial charge in [-0.2, -0.15) is 0 Å². The van der Waals surface area contributed by atoms with Crippen molar-refractivity contribution in [2.45, 2.75) is 13.3 Å². The topological polar surface area (TPSA) is 44.8 Å².